The Balaban J connectivity index is 2.11. The lowest BCUT2D eigenvalue weighted by Crippen LogP contribution is -2.24. The second kappa shape index (κ2) is 4.47. The Hall–Kier alpha value is -3.55. The highest BCUT2D eigenvalue weighted by Crippen LogP contribution is 2.25. The van der Waals surface area contributed by atoms with Crippen LogP contribution < -0.4 is 16.6 Å². The average molecular weight is 307 g/mol. The van der Waals surface area contributed by atoms with Crippen LogP contribution in [0.1, 0.15) is 20.7 Å². The van der Waals surface area contributed by atoms with Crippen molar-refractivity contribution in [2.45, 2.75) is 0 Å². The van der Waals surface area contributed by atoms with E-state index in [1.54, 1.807) is 24.4 Å². The van der Waals surface area contributed by atoms with Crippen LogP contribution >= 0.6 is 0 Å². The van der Waals surface area contributed by atoms with Gasteiger partial charge in [0.05, 0.1) is 22.3 Å². The number of aromatic nitrogens is 3. The smallest absolute Gasteiger partial charge is 0.262 e. The van der Waals surface area contributed by atoms with Crippen LogP contribution in [0.2, 0.25) is 0 Å². The van der Waals surface area contributed by atoms with Crippen molar-refractivity contribution in [2.75, 3.05) is 5.73 Å². The summed E-state index contributed by atoms with van der Waals surface area (Å²) in [6.07, 6.45) is 2.95. The molecule has 0 atom stereocenters. The van der Waals surface area contributed by atoms with Gasteiger partial charge >= 0.3 is 0 Å². The minimum Gasteiger partial charge on any atom is -0.384 e. The molecular weight excluding hydrogens is 298 g/mol. The molecule has 1 aliphatic heterocycles. The normalized spacial score (nSPS) is 13.2. The molecule has 3 N–H and O–H groups in total. The molecule has 0 saturated carbocycles. The van der Waals surface area contributed by atoms with Crippen molar-refractivity contribution in [3.8, 4) is 5.69 Å². The number of carbonyl (C=O) groups excluding carboxylic acids is 2. The van der Waals surface area contributed by atoms with E-state index in [0.29, 0.717) is 16.6 Å². The third-order valence-corrected chi connectivity index (χ3v) is 3.72. The van der Waals surface area contributed by atoms with Gasteiger partial charge in [-0.2, -0.15) is 0 Å². The molecule has 1 aliphatic rings. The topological polar surface area (TPSA) is 120 Å². The molecule has 0 bridgehead atoms. The maximum absolute atomic E-state index is 12.4. The number of nitrogens with two attached hydrogens (primary N) is 1. The minimum atomic E-state index is -0.623. The summed E-state index contributed by atoms with van der Waals surface area (Å²) in [6, 6.07) is 6.26. The quantitative estimate of drug-likeness (QED) is 0.622. The van der Waals surface area contributed by atoms with E-state index < -0.39 is 17.4 Å². The lowest BCUT2D eigenvalue weighted by atomic mass is 10.1. The number of carbonyl (C=O) groups is 2. The Labute approximate surface area is 128 Å². The predicted octanol–water partition coefficient (Wildman–Crippen LogP) is 0.246. The standard InChI is InChI=1S/C15H9N5O3/c16-13-12-7(14(22)19-15(12)23)4-11(21)20(13)10-3-1-2-9-8(10)5-17-6-18-9/h1-6H,16H2,(H,19,22,23). The van der Waals surface area contributed by atoms with E-state index in [0.717, 1.165) is 6.07 Å². The number of imide groups is 1. The van der Waals surface area contributed by atoms with E-state index in [1.807, 2.05) is 0 Å². The number of benzene rings is 1. The fraction of sp³-hybridized carbons (Fsp3) is 0. The highest BCUT2D eigenvalue weighted by atomic mass is 16.2. The van der Waals surface area contributed by atoms with Crippen LogP contribution in [0, 0.1) is 0 Å². The van der Waals surface area contributed by atoms with Crippen molar-refractivity contribution in [1.29, 1.82) is 0 Å². The van der Waals surface area contributed by atoms with Gasteiger partial charge in [-0.15, -0.1) is 0 Å². The van der Waals surface area contributed by atoms with Crippen molar-refractivity contribution in [2.24, 2.45) is 0 Å². The van der Waals surface area contributed by atoms with Crippen molar-refractivity contribution in [3.05, 3.63) is 58.3 Å². The van der Waals surface area contributed by atoms with Gasteiger partial charge in [-0.25, -0.2) is 9.97 Å². The summed E-state index contributed by atoms with van der Waals surface area (Å²) in [4.78, 5) is 44.1. The number of hydrogen-bond acceptors (Lipinski definition) is 6. The van der Waals surface area contributed by atoms with Crippen LogP contribution in [0.4, 0.5) is 5.82 Å². The second-order valence-electron chi connectivity index (χ2n) is 5.01. The van der Waals surface area contributed by atoms with Gasteiger partial charge < -0.3 is 5.73 Å². The summed E-state index contributed by atoms with van der Waals surface area (Å²) in [6.45, 7) is 0. The molecule has 112 valence electrons. The molecule has 2 aromatic heterocycles. The number of fused-ring (bicyclic) bond motifs is 2. The maximum atomic E-state index is 12.4. The molecule has 3 heterocycles. The molecule has 0 radical (unpaired) electrons. The van der Waals surface area contributed by atoms with Crippen LogP contribution in [0.15, 0.2) is 41.6 Å². The van der Waals surface area contributed by atoms with E-state index in [9.17, 15) is 14.4 Å². The first kappa shape index (κ1) is 13.1. The Morgan fingerprint density at radius 1 is 1.13 bits per heavy atom. The number of pyridine rings is 1. The molecule has 2 amide bonds. The van der Waals surface area contributed by atoms with Crippen LogP contribution in [0.5, 0.6) is 0 Å². The van der Waals surface area contributed by atoms with E-state index >= 15 is 0 Å². The fourth-order valence-corrected chi connectivity index (χ4v) is 2.71. The summed E-state index contributed by atoms with van der Waals surface area (Å²) in [7, 11) is 0. The Morgan fingerprint density at radius 2 is 1.96 bits per heavy atom. The molecule has 0 aliphatic carbocycles. The van der Waals surface area contributed by atoms with Crippen molar-refractivity contribution in [1.82, 2.24) is 19.9 Å². The maximum Gasteiger partial charge on any atom is 0.262 e. The number of nitrogens with zero attached hydrogens (tertiary/aromatic N) is 3. The third-order valence-electron chi connectivity index (χ3n) is 3.72. The molecule has 8 nitrogen and oxygen atoms in total. The lowest BCUT2D eigenvalue weighted by molar-refractivity contribution is 0.0880. The van der Waals surface area contributed by atoms with Gasteiger partial charge in [-0.1, -0.05) is 6.07 Å². The van der Waals surface area contributed by atoms with Crippen molar-refractivity contribution < 1.29 is 9.59 Å². The van der Waals surface area contributed by atoms with Crippen LogP contribution in [0.25, 0.3) is 16.6 Å². The zero-order valence-electron chi connectivity index (χ0n) is 11.6. The summed E-state index contributed by atoms with van der Waals surface area (Å²) in [5.41, 5.74) is 6.58. The average Bonchev–Trinajstić information content (AvgIpc) is 2.82. The zero-order valence-corrected chi connectivity index (χ0v) is 11.6. The van der Waals surface area contributed by atoms with Gasteiger partial charge in [-0.05, 0) is 12.1 Å². The molecule has 0 spiro atoms. The van der Waals surface area contributed by atoms with Crippen LogP contribution in [0.3, 0.4) is 0 Å². The molecule has 8 heteroatoms. The highest BCUT2D eigenvalue weighted by molar-refractivity contribution is 6.23. The molecule has 1 aromatic carbocycles. The molecule has 0 unspecified atom stereocenters. The highest BCUT2D eigenvalue weighted by Gasteiger charge is 2.32. The number of nitrogen functional groups attached to an aromatic ring is 1. The second-order valence-corrected chi connectivity index (χ2v) is 5.01. The largest absolute Gasteiger partial charge is 0.384 e. The predicted molar refractivity (Wildman–Crippen MR) is 81.3 cm³/mol. The van der Waals surface area contributed by atoms with Gasteiger partial charge in [0.25, 0.3) is 17.4 Å². The van der Waals surface area contributed by atoms with Gasteiger partial charge in [0.2, 0.25) is 0 Å². The first-order valence-electron chi connectivity index (χ1n) is 6.68. The van der Waals surface area contributed by atoms with Gasteiger partial charge in [0, 0.05) is 17.6 Å². The van der Waals surface area contributed by atoms with E-state index in [2.05, 4.69) is 15.3 Å². The Kier molecular flexibility index (Phi) is 2.55. The fourth-order valence-electron chi connectivity index (χ4n) is 2.71. The summed E-state index contributed by atoms with van der Waals surface area (Å²) >= 11 is 0. The number of nitrogens with one attached hydrogen (secondary N) is 1. The van der Waals surface area contributed by atoms with Crippen molar-refractivity contribution in [3.63, 3.8) is 0 Å². The Bertz CT molecular complexity index is 1070. The number of amides is 2. The molecular formula is C15H9N5O3. The van der Waals surface area contributed by atoms with Gasteiger partial charge in [0.15, 0.2) is 0 Å². The first-order valence-corrected chi connectivity index (χ1v) is 6.68. The molecule has 0 saturated heterocycles. The van der Waals surface area contributed by atoms with Gasteiger partial charge in [-0.3, -0.25) is 24.3 Å². The number of anilines is 1. The Morgan fingerprint density at radius 3 is 2.78 bits per heavy atom. The van der Waals surface area contributed by atoms with Crippen molar-refractivity contribution >= 4 is 28.5 Å². The molecule has 23 heavy (non-hydrogen) atoms. The molecule has 0 fully saturated rings. The first-order chi connectivity index (χ1) is 11.1. The summed E-state index contributed by atoms with van der Waals surface area (Å²) in [5.74, 6) is -1.33. The lowest BCUT2D eigenvalue weighted by Gasteiger charge is -2.13. The van der Waals surface area contributed by atoms with Crippen LogP contribution in [-0.4, -0.2) is 26.3 Å². The third kappa shape index (κ3) is 1.75. The molecule has 4 rings (SSSR count). The minimum absolute atomic E-state index is 0.00320. The SMILES string of the molecule is Nc1c2c(cc(=O)n1-c1cccc3ncncc13)C(=O)NC2=O. The van der Waals surface area contributed by atoms with E-state index in [1.165, 1.54) is 10.9 Å². The molecule has 3 aromatic rings. The van der Waals surface area contributed by atoms with Crippen LogP contribution in [-0.2, 0) is 0 Å². The van der Waals surface area contributed by atoms with E-state index in [-0.39, 0.29) is 16.9 Å². The summed E-state index contributed by atoms with van der Waals surface area (Å²) in [5, 5.41) is 2.74. The van der Waals surface area contributed by atoms with Gasteiger partial charge in [0.1, 0.15) is 12.1 Å². The van der Waals surface area contributed by atoms with E-state index in [4.69, 9.17) is 5.73 Å². The number of rotatable bonds is 1. The monoisotopic (exact) mass is 307 g/mol. The number of hydrogen-bond donors (Lipinski definition) is 2. The zero-order chi connectivity index (χ0) is 16.1. The summed E-state index contributed by atoms with van der Waals surface area (Å²) < 4.78 is 1.18.